The monoisotopic (exact) mass is 202 g/mol. The molecule has 0 atom stereocenters. The van der Waals surface area contributed by atoms with E-state index in [0.29, 0.717) is 0 Å². The Bertz CT molecular complexity index is 339. The maximum absolute atomic E-state index is 12.6. The summed E-state index contributed by atoms with van der Waals surface area (Å²) in [5.41, 5.74) is 0. The van der Waals surface area contributed by atoms with E-state index >= 15 is 0 Å². The van der Waals surface area contributed by atoms with Crippen LogP contribution in [0.2, 0.25) is 0 Å². The second-order valence-corrected chi connectivity index (χ2v) is 2.48. The quantitative estimate of drug-likeness (QED) is 0.550. The Morgan fingerprint density at radius 3 is 2.64 bits per heavy atom. The number of methoxy groups -OCH3 is 1. The van der Waals surface area contributed by atoms with Crippen molar-refractivity contribution in [2.24, 2.45) is 0 Å². The number of benzene rings is 1. The lowest BCUT2D eigenvalue weighted by Crippen LogP contribution is -2.14. The van der Waals surface area contributed by atoms with Crippen molar-refractivity contribution in [1.29, 1.82) is 0 Å². The first kappa shape index (κ1) is 10.6. The van der Waals surface area contributed by atoms with Gasteiger partial charge in [0.25, 0.3) is 0 Å². The smallest absolute Gasteiger partial charge is 0.337 e. The minimum atomic E-state index is -1.06. The molecule has 0 amide bonds. The molecule has 0 saturated heterocycles. The largest absolute Gasteiger partial charge is 0.425 e. The summed E-state index contributed by atoms with van der Waals surface area (Å²) in [4.78, 5) is 10.8. The molecular formula is C9H8F2O3. The minimum Gasteiger partial charge on any atom is -0.425 e. The molecule has 0 saturated carbocycles. The number of carbonyl (C=O) groups is 1. The highest BCUT2D eigenvalue weighted by Crippen LogP contribution is 2.15. The molecular weight excluding hydrogens is 194 g/mol. The van der Waals surface area contributed by atoms with Crippen molar-refractivity contribution in [3.8, 4) is 5.75 Å². The summed E-state index contributed by atoms with van der Waals surface area (Å²) < 4.78 is 34.2. The van der Waals surface area contributed by atoms with Gasteiger partial charge in [0.05, 0.1) is 0 Å². The first-order valence-corrected chi connectivity index (χ1v) is 3.78. The third kappa shape index (κ3) is 2.77. The first-order chi connectivity index (χ1) is 6.63. The van der Waals surface area contributed by atoms with Gasteiger partial charge in [0.2, 0.25) is 0 Å². The maximum Gasteiger partial charge on any atom is 0.337 e. The fourth-order valence-electron chi connectivity index (χ4n) is 0.819. The van der Waals surface area contributed by atoms with Gasteiger partial charge in [-0.2, -0.15) is 0 Å². The number of hydrogen-bond donors (Lipinski definition) is 0. The molecule has 0 aliphatic heterocycles. The minimum absolute atomic E-state index is 0.0500. The van der Waals surface area contributed by atoms with Crippen molar-refractivity contribution in [2.75, 3.05) is 13.7 Å². The zero-order valence-electron chi connectivity index (χ0n) is 7.42. The molecule has 1 aromatic carbocycles. The van der Waals surface area contributed by atoms with E-state index in [1.165, 1.54) is 7.11 Å². The van der Waals surface area contributed by atoms with Gasteiger partial charge in [0.15, 0.2) is 11.6 Å². The molecule has 0 aliphatic carbocycles. The molecule has 1 rings (SSSR count). The number of ether oxygens (including phenoxy) is 2. The van der Waals surface area contributed by atoms with E-state index in [9.17, 15) is 13.6 Å². The van der Waals surface area contributed by atoms with Crippen LogP contribution >= 0.6 is 0 Å². The molecule has 5 heteroatoms. The van der Waals surface area contributed by atoms with Crippen LogP contribution in [0.1, 0.15) is 0 Å². The normalized spacial score (nSPS) is 9.93. The van der Waals surface area contributed by atoms with E-state index in [1.807, 2.05) is 0 Å². The van der Waals surface area contributed by atoms with Crippen molar-refractivity contribution in [2.45, 2.75) is 0 Å². The topological polar surface area (TPSA) is 35.5 Å². The second kappa shape index (κ2) is 4.66. The number of hydrogen-bond acceptors (Lipinski definition) is 3. The van der Waals surface area contributed by atoms with Crippen LogP contribution in [0, 0.1) is 11.6 Å². The number of esters is 1. The first-order valence-electron chi connectivity index (χ1n) is 3.78. The molecule has 0 spiro atoms. The van der Waals surface area contributed by atoms with Crippen molar-refractivity contribution in [3.05, 3.63) is 29.8 Å². The van der Waals surface area contributed by atoms with E-state index in [1.54, 1.807) is 0 Å². The summed E-state index contributed by atoms with van der Waals surface area (Å²) in [6, 6.07) is 2.83. The van der Waals surface area contributed by atoms with Crippen LogP contribution in [0.15, 0.2) is 18.2 Å². The maximum atomic E-state index is 12.6. The fourth-order valence-corrected chi connectivity index (χ4v) is 0.819. The summed E-state index contributed by atoms with van der Waals surface area (Å²) in [6.45, 7) is -0.237. The summed E-state index contributed by atoms with van der Waals surface area (Å²) in [5.74, 6) is -2.77. The molecule has 0 bridgehead atoms. The lowest BCUT2D eigenvalue weighted by Gasteiger charge is -2.03. The van der Waals surface area contributed by atoms with Gasteiger partial charge in [-0.3, -0.25) is 0 Å². The van der Waals surface area contributed by atoms with Crippen LogP contribution in [0.3, 0.4) is 0 Å². The lowest BCUT2D eigenvalue weighted by atomic mass is 10.3. The van der Waals surface area contributed by atoms with Gasteiger partial charge >= 0.3 is 5.97 Å². The Morgan fingerprint density at radius 2 is 2.07 bits per heavy atom. The van der Waals surface area contributed by atoms with Gasteiger partial charge < -0.3 is 9.47 Å². The standard InChI is InChI=1S/C9H8F2O3/c1-13-5-9(12)14-6-2-3-7(10)8(11)4-6/h2-4H,5H2,1H3. The second-order valence-electron chi connectivity index (χ2n) is 2.48. The van der Waals surface area contributed by atoms with Crippen LogP contribution in [0.4, 0.5) is 8.78 Å². The molecule has 0 aromatic heterocycles. The zero-order chi connectivity index (χ0) is 10.6. The Hall–Kier alpha value is -1.49. The van der Waals surface area contributed by atoms with Crippen LogP contribution in [0.5, 0.6) is 5.75 Å². The zero-order valence-corrected chi connectivity index (χ0v) is 7.42. The molecule has 14 heavy (non-hydrogen) atoms. The Balaban J connectivity index is 2.68. The Morgan fingerprint density at radius 1 is 1.36 bits per heavy atom. The number of rotatable bonds is 3. The van der Waals surface area contributed by atoms with Gasteiger partial charge in [0.1, 0.15) is 12.4 Å². The molecule has 0 aliphatic rings. The molecule has 3 nitrogen and oxygen atoms in total. The molecule has 0 radical (unpaired) electrons. The Kier molecular flexibility index (Phi) is 3.53. The third-order valence-electron chi connectivity index (χ3n) is 1.38. The highest BCUT2D eigenvalue weighted by atomic mass is 19.2. The van der Waals surface area contributed by atoms with Gasteiger partial charge in [0, 0.05) is 13.2 Å². The highest BCUT2D eigenvalue weighted by molar-refractivity contribution is 5.73. The van der Waals surface area contributed by atoms with E-state index < -0.39 is 17.6 Å². The fraction of sp³-hybridized carbons (Fsp3) is 0.222. The van der Waals surface area contributed by atoms with Crippen LogP contribution < -0.4 is 4.74 Å². The van der Waals surface area contributed by atoms with E-state index in [0.717, 1.165) is 18.2 Å². The average Bonchev–Trinajstić information content (AvgIpc) is 2.12. The summed E-state index contributed by atoms with van der Waals surface area (Å²) in [6.07, 6.45) is 0. The molecule has 76 valence electrons. The summed E-state index contributed by atoms with van der Waals surface area (Å²) >= 11 is 0. The molecule has 1 aromatic rings. The predicted molar refractivity (Wildman–Crippen MR) is 43.9 cm³/mol. The third-order valence-corrected chi connectivity index (χ3v) is 1.38. The van der Waals surface area contributed by atoms with E-state index in [2.05, 4.69) is 9.47 Å². The van der Waals surface area contributed by atoms with Gasteiger partial charge in [-0.05, 0) is 12.1 Å². The summed E-state index contributed by atoms with van der Waals surface area (Å²) in [7, 11) is 1.33. The molecule has 0 heterocycles. The van der Waals surface area contributed by atoms with E-state index in [4.69, 9.17) is 0 Å². The van der Waals surface area contributed by atoms with E-state index in [-0.39, 0.29) is 12.4 Å². The summed E-state index contributed by atoms with van der Waals surface area (Å²) in [5, 5.41) is 0. The molecule has 0 N–H and O–H groups in total. The predicted octanol–water partition coefficient (Wildman–Crippen LogP) is 1.52. The number of halogens is 2. The molecule has 0 fully saturated rings. The van der Waals surface area contributed by atoms with Crippen molar-refractivity contribution < 1.29 is 23.0 Å². The lowest BCUT2D eigenvalue weighted by molar-refractivity contribution is -0.138. The van der Waals surface area contributed by atoms with Crippen LogP contribution in [0.25, 0.3) is 0 Å². The number of carbonyl (C=O) groups excluding carboxylic acids is 1. The van der Waals surface area contributed by atoms with Gasteiger partial charge in [-0.1, -0.05) is 0 Å². The molecule has 0 unspecified atom stereocenters. The van der Waals surface area contributed by atoms with Crippen molar-refractivity contribution in [1.82, 2.24) is 0 Å². The Labute approximate surface area is 79.2 Å². The SMILES string of the molecule is COCC(=O)Oc1ccc(F)c(F)c1. The van der Waals surface area contributed by atoms with Gasteiger partial charge in [-0.15, -0.1) is 0 Å². The average molecular weight is 202 g/mol. The van der Waals surface area contributed by atoms with Crippen LogP contribution in [-0.4, -0.2) is 19.7 Å². The van der Waals surface area contributed by atoms with Crippen molar-refractivity contribution in [3.63, 3.8) is 0 Å². The van der Waals surface area contributed by atoms with Gasteiger partial charge in [-0.25, -0.2) is 13.6 Å². The highest BCUT2D eigenvalue weighted by Gasteiger charge is 2.07. The van der Waals surface area contributed by atoms with Crippen LogP contribution in [-0.2, 0) is 9.53 Å². The van der Waals surface area contributed by atoms with Crippen molar-refractivity contribution >= 4 is 5.97 Å².